The summed E-state index contributed by atoms with van der Waals surface area (Å²) in [5.74, 6) is -0.120. The monoisotopic (exact) mass is 141 g/mol. The lowest BCUT2D eigenvalue weighted by Crippen LogP contribution is -2.26. The van der Waals surface area contributed by atoms with Crippen LogP contribution in [-0.2, 0) is 0 Å². The van der Waals surface area contributed by atoms with Crippen molar-refractivity contribution in [2.24, 2.45) is 15.9 Å². The van der Waals surface area contributed by atoms with Crippen molar-refractivity contribution in [3.05, 3.63) is 10.4 Å². The number of amidine groups is 1. The average molecular weight is 141 g/mol. The third kappa shape index (κ3) is 4.41. The molecule has 10 heavy (non-hydrogen) atoms. The van der Waals surface area contributed by atoms with E-state index in [4.69, 9.17) is 16.7 Å². The minimum atomic E-state index is -0.299. The van der Waals surface area contributed by atoms with Gasteiger partial charge in [-0.2, -0.15) is 5.10 Å². The Hall–Kier alpha value is -1.75. The molecule has 0 aromatic heterocycles. The van der Waals surface area contributed by atoms with Crippen molar-refractivity contribution < 1.29 is 0 Å². The van der Waals surface area contributed by atoms with Crippen molar-refractivity contribution in [3.8, 4) is 0 Å². The lowest BCUT2D eigenvalue weighted by Gasteiger charge is -1.93. The summed E-state index contributed by atoms with van der Waals surface area (Å²) in [5.41, 5.74) is 14.8. The average Bonchev–Trinajstić information content (AvgIpc) is 1.85. The molecule has 0 bridgehead atoms. The molecule has 0 unspecified atom stereocenters. The topological polar surface area (TPSA) is 123 Å². The van der Waals surface area contributed by atoms with Crippen molar-refractivity contribution in [2.45, 2.75) is 6.92 Å². The van der Waals surface area contributed by atoms with Gasteiger partial charge in [0.1, 0.15) is 5.84 Å². The van der Waals surface area contributed by atoms with Crippen LogP contribution in [-0.4, -0.2) is 11.8 Å². The fourth-order valence-electron chi connectivity index (χ4n) is 0.228. The van der Waals surface area contributed by atoms with Crippen LogP contribution >= 0.6 is 0 Å². The van der Waals surface area contributed by atoms with Gasteiger partial charge >= 0.3 is 0 Å². The van der Waals surface area contributed by atoms with Gasteiger partial charge in [0.2, 0.25) is 5.96 Å². The number of hydrogen-bond donors (Lipinski definition) is 3. The highest BCUT2D eigenvalue weighted by Crippen LogP contribution is 1.75. The summed E-state index contributed by atoms with van der Waals surface area (Å²) < 4.78 is 0. The molecule has 4 N–H and O–H groups in total. The molecule has 0 aromatic rings. The largest absolute Gasteiger partial charge is 0.369 e. The zero-order valence-electron chi connectivity index (χ0n) is 5.37. The molecule has 0 aliphatic heterocycles. The van der Waals surface area contributed by atoms with Crippen LogP contribution < -0.4 is 11.2 Å². The molecule has 7 heteroatoms. The number of nitrogens with zero attached hydrogens (tertiary/aromatic N) is 4. The molecular weight excluding hydrogens is 134 g/mol. The number of hydrazone groups is 1. The first-order chi connectivity index (χ1) is 4.66. The number of azide groups is 1. The van der Waals surface area contributed by atoms with Crippen LogP contribution in [0.4, 0.5) is 0 Å². The van der Waals surface area contributed by atoms with Crippen molar-refractivity contribution in [3.63, 3.8) is 0 Å². The summed E-state index contributed by atoms with van der Waals surface area (Å²) in [6.45, 7) is 1.48. The lowest BCUT2D eigenvalue weighted by atomic mass is 10.7. The minimum Gasteiger partial charge on any atom is -0.369 e. The second kappa shape index (κ2) is 4.16. The number of hydrogen-bond acceptors (Lipinski definition) is 2. The van der Waals surface area contributed by atoms with Gasteiger partial charge < -0.3 is 5.73 Å². The Kier molecular flexibility index (Phi) is 3.43. The third-order valence-corrected chi connectivity index (χ3v) is 0.528. The fraction of sp³-hybridized carbons (Fsp3) is 0.333. The maximum absolute atomic E-state index is 7.87. The van der Waals surface area contributed by atoms with E-state index in [0.29, 0.717) is 0 Å². The molecule has 0 saturated heterocycles. The number of guanidine groups is 1. The predicted octanol–water partition coefficient (Wildman–Crippen LogP) is 0.113. The molecule has 0 atom stereocenters. The van der Waals surface area contributed by atoms with Crippen molar-refractivity contribution in [1.29, 1.82) is 5.41 Å². The van der Waals surface area contributed by atoms with Gasteiger partial charge in [0.25, 0.3) is 0 Å². The van der Waals surface area contributed by atoms with Gasteiger partial charge in [-0.3, -0.25) is 5.41 Å². The van der Waals surface area contributed by atoms with Gasteiger partial charge in [0.15, 0.2) is 0 Å². The summed E-state index contributed by atoms with van der Waals surface area (Å²) in [4.78, 5) is 2.46. The van der Waals surface area contributed by atoms with Gasteiger partial charge in [-0.25, -0.2) is 5.43 Å². The van der Waals surface area contributed by atoms with E-state index < -0.39 is 0 Å². The van der Waals surface area contributed by atoms with Crippen LogP contribution in [0.2, 0.25) is 0 Å². The molecule has 0 aromatic carbocycles. The van der Waals surface area contributed by atoms with Gasteiger partial charge in [0, 0.05) is 4.91 Å². The summed E-state index contributed by atoms with van der Waals surface area (Å²) in [6.07, 6.45) is 0. The molecule has 0 amide bonds. The van der Waals surface area contributed by atoms with E-state index in [2.05, 4.69) is 20.6 Å². The second-order valence-electron chi connectivity index (χ2n) is 1.37. The quantitative estimate of drug-likeness (QED) is 0.120. The summed E-state index contributed by atoms with van der Waals surface area (Å²) in [7, 11) is 0. The Labute approximate surface area is 57.0 Å². The van der Waals surface area contributed by atoms with E-state index in [1.807, 2.05) is 0 Å². The van der Waals surface area contributed by atoms with Crippen LogP contribution in [0.1, 0.15) is 6.92 Å². The molecule has 0 rings (SSSR count). The summed E-state index contributed by atoms with van der Waals surface area (Å²) >= 11 is 0. The first-order valence-corrected chi connectivity index (χ1v) is 2.36. The molecular formula is C3H7N7. The molecule has 0 saturated carbocycles. The molecule has 0 radical (unpaired) electrons. The Morgan fingerprint density at radius 3 is 2.80 bits per heavy atom. The molecule has 0 heterocycles. The predicted molar refractivity (Wildman–Crippen MR) is 37.3 cm³/mol. The molecule has 0 aliphatic carbocycles. The smallest absolute Gasteiger partial charge is 0.206 e. The summed E-state index contributed by atoms with van der Waals surface area (Å²) in [5, 5.41) is 13.2. The Morgan fingerprint density at radius 1 is 1.80 bits per heavy atom. The van der Waals surface area contributed by atoms with Crippen LogP contribution in [0.3, 0.4) is 0 Å². The first kappa shape index (κ1) is 8.25. The highest BCUT2D eigenvalue weighted by molar-refractivity contribution is 5.82. The van der Waals surface area contributed by atoms with Crippen molar-refractivity contribution >= 4 is 11.8 Å². The fourth-order valence-corrected chi connectivity index (χ4v) is 0.228. The van der Waals surface area contributed by atoms with E-state index in [9.17, 15) is 0 Å². The van der Waals surface area contributed by atoms with Crippen LogP contribution in [0.15, 0.2) is 10.2 Å². The summed E-state index contributed by atoms with van der Waals surface area (Å²) in [6, 6.07) is 0. The standard InChI is InChI=1S/C3H7N7/c1-2(8-10-6)7-9-3(4)5/h1H3,(H4,4,5,9)/b7-2-. The maximum Gasteiger partial charge on any atom is 0.206 e. The van der Waals surface area contributed by atoms with Crippen LogP contribution in [0.5, 0.6) is 0 Å². The van der Waals surface area contributed by atoms with Crippen molar-refractivity contribution in [2.75, 3.05) is 0 Å². The zero-order valence-corrected chi connectivity index (χ0v) is 5.37. The van der Waals surface area contributed by atoms with Gasteiger partial charge in [-0.05, 0) is 17.6 Å². The SMILES string of the molecule is C/C(N=[N+]=[N-])=N/NC(=N)N. The van der Waals surface area contributed by atoms with Crippen molar-refractivity contribution in [1.82, 2.24) is 5.43 Å². The number of nitrogens with one attached hydrogen (secondary N) is 2. The van der Waals surface area contributed by atoms with Crippen LogP contribution in [0.25, 0.3) is 10.4 Å². The molecule has 7 nitrogen and oxygen atoms in total. The Balaban J connectivity index is 3.91. The minimum absolute atomic E-state index is 0.178. The maximum atomic E-state index is 7.87. The number of nitrogens with two attached hydrogens (primary N) is 1. The van der Waals surface area contributed by atoms with E-state index in [0.717, 1.165) is 0 Å². The molecule has 0 aliphatic rings. The highest BCUT2D eigenvalue weighted by Gasteiger charge is 1.83. The van der Waals surface area contributed by atoms with Crippen LogP contribution in [0, 0.1) is 5.41 Å². The second-order valence-corrected chi connectivity index (χ2v) is 1.37. The van der Waals surface area contributed by atoms with Gasteiger partial charge in [0.05, 0.1) is 0 Å². The Morgan fingerprint density at radius 2 is 2.40 bits per heavy atom. The first-order valence-electron chi connectivity index (χ1n) is 2.36. The van der Waals surface area contributed by atoms with E-state index in [-0.39, 0.29) is 11.8 Å². The van der Waals surface area contributed by atoms with E-state index in [1.165, 1.54) is 6.92 Å². The zero-order chi connectivity index (χ0) is 7.98. The Bertz CT molecular complexity index is 197. The third-order valence-electron chi connectivity index (χ3n) is 0.528. The normalized spacial score (nSPS) is 9.90. The lowest BCUT2D eigenvalue weighted by molar-refractivity contribution is 0.985. The molecule has 54 valence electrons. The number of rotatable bonds is 1. The van der Waals surface area contributed by atoms with E-state index in [1.54, 1.807) is 0 Å². The highest BCUT2D eigenvalue weighted by atomic mass is 15.4. The van der Waals surface area contributed by atoms with Gasteiger partial charge in [-0.1, -0.05) is 0 Å². The molecule has 0 fully saturated rings. The molecule has 0 spiro atoms. The van der Waals surface area contributed by atoms with Gasteiger partial charge in [-0.15, -0.1) is 0 Å². The van der Waals surface area contributed by atoms with E-state index >= 15 is 0 Å².